The van der Waals surface area contributed by atoms with Gasteiger partial charge in [0.05, 0.1) is 6.33 Å². The van der Waals surface area contributed by atoms with Crippen LogP contribution in [-0.2, 0) is 4.74 Å². The van der Waals surface area contributed by atoms with Crippen molar-refractivity contribution in [3.8, 4) is 0 Å². The summed E-state index contributed by atoms with van der Waals surface area (Å²) >= 11 is 5.77. The van der Waals surface area contributed by atoms with Crippen molar-refractivity contribution in [2.45, 2.75) is 19.4 Å². The predicted octanol–water partition coefficient (Wildman–Crippen LogP) is 1.26. The van der Waals surface area contributed by atoms with E-state index in [0.29, 0.717) is 12.4 Å². The zero-order chi connectivity index (χ0) is 11.3. The largest absolute Gasteiger partial charge is 0.385 e. The third-order valence-corrected chi connectivity index (χ3v) is 2.29. The average molecular weight is 232 g/mol. The van der Waals surface area contributed by atoms with E-state index in [-0.39, 0.29) is 16.6 Å². The monoisotopic (exact) mass is 231 g/mol. The summed E-state index contributed by atoms with van der Waals surface area (Å²) < 4.78 is 4.94. The Morgan fingerprint density at radius 1 is 1.73 bits per heavy atom. The van der Waals surface area contributed by atoms with Crippen LogP contribution in [0, 0.1) is 0 Å². The molecule has 5 nitrogen and oxygen atoms in total. The van der Waals surface area contributed by atoms with E-state index in [0.717, 1.165) is 6.42 Å². The number of nitrogens with zero attached hydrogens (tertiary/aromatic N) is 1. The number of hydrogen-bond acceptors (Lipinski definition) is 4. The van der Waals surface area contributed by atoms with E-state index in [1.807, 2.05) is 6.92 Å². The van der Waals surface area contributed by atoms with Gasteiger partial charge in [-0.1, -0.05) is 11.6 Å². The molecule has 0 aliphatic carbocycles. The molecule has 0 spiro atoms. The molecule has 0 aromatic carbocycles. The second-order valence-corrected chi connectivity index (χ2v) is 3.60. The molecule has 0 saturated carbocycles. The minimum atomic E-state index is -0.340. The highest BCUT2D eigenvalue weighted by Crippen LogP contribution is 2.13. The molecule has 1 aromatic heterocycles. The number of hydrogen-bond donors (Lipinski definition) is 2. The fourth-order valence-corrected chi connectivity index (χ4v) is 1.24. The van der Waals surface area contributed by atoms with Crippen LogP contribution in [0.2, 0.25) is 5.02 Å². The van der Waals surface area contributed by atoms with Crippen LogP contribution in [0.3, 0.4) is 0 Å². The lowest BCUT2D eigenvalue weighted by molar-refractivity contribution is 0.191. The highest BCUT2D eigenvalue weighted by atomic mass is 35.5. The molecule has 1 atom stereocenters. The number of halogens is 1. The Hall–Kier alpha value is -1.07. The molecule has 84 valence electrons. The molecule has 2 N–H and O–H groups in total. The molecule has 0 radical (unpaired) electrons. The van der Waals surface area contributed by atoms with E-state index in [9.17, 15) is 4.79 Å². The maximum Gasteiger partial charge on any atom is 0.271 e. The van der Waals surface area contributed by atoms with Crippen molar-refractivity contribution in [2.75, 3.05) is 19.0 Å². The molecule has 1 heterocycles. The van der Waals surface area contributed by atoms with Gasteiger partial charge < -0.3 is 15.0 Å². The Balaban J connectivity index is 2.64. The highest BCUT2D eigenvalue weighted by Gasteiger charge is 2.08. The van der Waals surface area contributed by atoms with Crippen LogP contribution in [0.1, 0.15) is 13.3 Å². The third-order valence-electron chi connectivity index (χ3n) is 1.93. The smallest absolute Gasteiger partial charge is 0.271 e. The summed E-state index contributed by atoms with van der Waals surface area (Å²) in [6, 6.07) is 0.150. The lowest BCUT2D eigenvalue weighted by Gasteiger charge is -2.14. The first kappa shape index (κ1) is 12.0. The van der Waals surface area contributed by atoms with Crippen molar-refractivity contribution < 1.29 is 4.74 Å². The van der Waals surface area contributed by atoms with Crippen LogP contribution in [0.4, 0.5) is 5.82 Å². The molecule has 1 unspecified atom stereocenters. The normalized spacial score (nSPS) is 12.5. The van der Waals surface area contributed by atoms with E-state index < -0.39 is 0 Å². The van der Waals surface area contributed by atoms with Crippen molar-refractivity contribution in [1.29, 1.82) is 0 Å². The first-order valence-electron chi connectivity index (χ1n) is 4.63. The lowest BCUT2D eigenvalue weighted by Crippen LogP contribution is -2.20. The molecule has 0 saturated heterocycles. The Morgan fingerprint density at radius 2 is 2.47 bits per heavy atom. The van der Waals surface area contributed by atoms with Gasteiger partial charge in [-0.25, -0.2) is 4.98 Å². The van der Waals surface area contributed by atoms with Crippen molar-refractivity contribution >= 4 is 17.4 Å². The number of aromatic nitrogens is 2. The number of anilines is 1. The summed E-state index contributed by atoms with van der Waals surface area (Å²) in [7, 11) is 1.64. The third kappa shape index (κ3) is 3.53. The quantitative estimate of drug-likeness (QED) is 0.801. The van der Waals surface area contributed by atoms with Gasteiger partial charge in [0, 0.05) is 19.8 Å². The maximum atomic E-state index is 11.1. The standard InChI is InChI=1S/C9H14ClN3O2/c1-6(3-4-15-2)13-8-7(10)9(14)12-5-11-8/h5-6H,3-4H2,1-2H3,(H2,11,12,13,14). The Kier molecular flexibility index (Phi) is 4.58. The second-order valence-electron chi connectivity index (χ2n) is 3.22. The van der Waals surface area contributed by atoms with Gasteiger partial charge in [0.25, 0.3) is 5.56 Å². The van der Waals surface area contributed by atoms with E-state index in [2.05, 4.69) is 15.3 Å². The molecule has 1 aromatic rings. The number of nitrogens with one attached hydrogen (secondary N) is 2. The van der Waals surface area contributed by atoms with Crippen LogP contribution in [-0.4, -0.2) is 29.7 Å². The fourth-order valence-electron chi connectivity index (χ4n) is 1.08. The Morgan fingerprint density at radius 3 is 3.13 bits per heavy atom. The highest BCUT2D eigenvalue weighted by molar-refractivity contribution is 6.32. The summed E-state index contributed by atoms with van der Waals surface area (Å²) in [5.74, 6) is 0.406. The summed E-state index contributed by atoms with van der Waals surface area (Å²) in [5.41, 5.74) is -0.340. The zero-order valence-corrected chi connectivity index (χ0v) is 9.47. The van der Waals surface area contributed by atoms with Gasteiger partial charge >= 0.3 is 0 Å². The van der Waals surface area contributed by atoms with Crippen LogP contribution in [0.5, 0.6) is 0 Å². The van der Waals surface area contributed by atoms with Crippen molar-refractivity contribution in [3.63, 3.8) is 0 Å². The van der Waals surface area contributed by atoms with Crippen LogP contribution in [0.15, 0.2) is 11.1 Å². The molecule has 0 aliphatic heterocycles. The van der Waals surface area contributed by atoms with Gasteiger partial charge in [0.15, 0.2) is 5.82 Å². The molecular formula is C9H14ClN3O2. The Labute approximate surface area is 92.8 Å². The van der Waals surface area contributed by atoms with Crippen molar-refractivity contribution in [1.82, 2.24) is 9.97 Å². The van der Waals surface area contributed by atoms with Crippen molar-refractivity contribution in [3.05, 3.63) is 21.7 Å². The van der Waals surface area contributed by atoms with E-state index in [1.54, 1.807) is 7.11 Å². The number of rotatable bonds is 5. The fraction of sp³-hybridized carbons (Fsp3) is 0.556. The predicted molar refractivity (Wildman–Crippen MR) is 59.4 cm³/mol. The molecule has 0 fully saturated rings. The summed E-state index contributed by atoms with van der Waals surface area (Å²) in [5, 5.41) is 3.13. The molecule has 6 heteroatoms. The minimum Gasteiger partial charge on any atom is -0.385 e. The molecule has 15 heavy (non-hydrogen) atoms. The number of aromatic amines is 1. The number of ether oxygens (including phenoxy) is 1. The lowest BCUT2D eigenvalue weighted by atomic mass is 10.2. The van der Waals surface area contributed by atoms with Gasteiger partial charge in [0.1, 0.15) is 5.02 Å². The van der Waals surface area contributed by atoms with Gasteiger partial charge in [-0.2, -0.15) is 0 Å². The topological polar surface area (TPSA) is 67.0 Å². The second kappa shape index (κ2) is 5.72. The molecule has 1 rings (SSSR count). The van der Waals surface area contributed by atoms with E-state index >= 15 is 0 Å². The maximum absolute atomic E-state index is 11.1. The minimum absolute atomic E-state index is 0.0850. The van der Waals surface area contributed by atoms with Crippen LogP contribution < -0.4 is 10.9 Å². The summed E-state index contributed by atoms with van der Waals surface area (Å²) in [6.07, 6.45) is 2.14. The summed E-state index contributed by atoms with van der Waals surface area (Å²) in [6.45, 7) is 2.62. The number of H-pyrrole nitrogens is 1. The molecule has 0 aliphatic rings. The average Bonchev–Trinajstić information content (AvgIpc) is 2.22. The van der Waals surface area contributed by atoms with Gasteiger partial charge in [-0.15, -0.1) is 0 Å². The molecular weight excluding hydrogens is 218 g/mol. The summed E-state index contributed by atoms with van der Waals surface area (Å²) in [4.78, 5) is 17.5. The molecule has 0 amide bonds. The zero-order valence-electron chi connectivity index (χ0n) is 8.71. The van der Waals surface area contributed by atoms with Crippen LogP contribution >= 0.6 is 11.6 Å². The van der Waals surface area contributed by atoms with E-state index in [4.69, 9.17) is 16.3 Å². The van der Waals surface area contributed by atoms with Gasteiger partial charge in [-0.05, 0) is 13.3 Å². The van der Waals surface area contributed by atoms with Gasteiger partial charge in [0.2, 0.25) is 0 Å². The van der Waals surface area contributed by atoms with E-state index in [1.165, 1.54) is 6.33 Å². The van der Waals surface area contributed by atoms with Crippen LogP contribution in [0.25, 0.3) is 0 Å². The SMILES string of the molecule is COCCC(C)Nc1nc[nH]c(=O)c1Cl. The molecule has 0 bridgehead atoms. The Bertz CT molecular complexity index is 367. The number of methoxy groups -OCH3 is 1. The first-order valence-corrected chi connectivity index (χ1v) is 5.01. The van der Waals surface area contributed by atoms with Gasteiger partial charge in [-0.3, -0.25) is 4.79 Å². The van der Waals surface area contributed by atoms with Crippen molar-refractivity contribution in [2.24, 2.45) is 0 Å². The first-order chi connectivity index (χ1) is 7.15.